The van der Waals surface area contributed by atoms with Crippen molar-refractivity contribution in [3.63, 3.8) is 0 Å². The zero-order valence-corrected chi connectivity index (χ0v) is 10.8. The van der Waals surface area contributed by atoms with Crippen LogP contribution >= 0.6 is 0 Å². The molecule has 1 aromatic heterocycles. The molecule has 20 heavy (non-hydrogen) atoms. The summed E-state index contributed by atoms with van der Waals surface area (Å²) in [7, 11) is 1.57. The molecule has 0 fully saturated rings. The zero-order chi connectivity index (χ0) is 14.5. The predicted octanol–water partition coefficient (Wildman–Crippen LogP) is 1.10. The lowest BCUT2D eigenvalue weighted by Crippen LogP contribution is -2.08. The van der Waals surface area contributed by atoms with Crippen LogP contribution in [0.25, 0.3) is 0 Å². The highest BCUT2D eigenvalue weighted by molar-refractivity contribution is 5.86. The Hall–Kier alpha value is -2.88. The van der Waals surface area contributed by atoms with E-state index in [9.17, 15) is 4.79 Å². The van der Waals surface area contributed by atoms with Crippen molar-refractivity contribution in [2.24, 2.45) is 0 Å². The molecule has 0 amide bonds. The van der Waals surface area contributed by atoms with E-state index in [0.29, 0.717) is 12.1 Å². The van der Waals surface area contributed by atoms with Crippen molar-refractivity contribution in [2.45, 2.75) is 13.0 Å². The van der Waals surface area contributed by atoms with Crippen LogP contribution in [0.2, 0.25) is 0 Å². The van der Waals surface area contributed by atoms with Gasteiger partial charge in [-0.3, -0.25) is 0 Å². The first-order chi connectivity index (χ1) is 9.65. The fourth-order valence-corrected chi connectivity index (χ4v) is 1.80. The van der Waals surface area contributed by atoms with Gasteiger partial charge < -0.3 is 9.84 Å². The molecule has 1 N–H and O–H groups in total. The van der Waals surface area contributed by atoms with Crippen molar-refractivity contribution in [3.05, 3.63) is 41.2 Å². The lowest BCUT2D eigenvalue weighted by Gasteiger charge is -2.05. The number of carboxylic acids is 1. The number of hydrogen-bond acceptors (Lipinski definition) is 5. The van der Waals surface area contributed by atoms with E-state index in [1.54, 1.807) is 19.2 Å². The summed E-state index contributed by atoms with van der Waals surface area (Å²) in [5.74, 6) is -0.437. The van der Waals surface area contributed by atoms with Gasteiger partial charge in [0, 0.05) is 6.42 Å². The number of ether oxygens (including phenoxy) is 1. The molecule has 102 valence electrons. The third-order valence-electron chi connectivity index (χ3n) is 2.79. The Morgan fingerprint density at radius 1 is 1.45 bits per heavy atom. The largest absolute Gasteiger partial charge is 0.497 e. The maximum atomic E-state index is 11.1. The lowest BCUT2D eigenvalue weighted by molar-refractivity contribution is 0.0689. The molecule has 0 spiro atoms. The third kappa shape index (κ3) is 2.75. The number of aromatic nitrogens is 3. The molecule has 0 saturated heterocycles. The number of rotatable bonds is 5. The van der Waals surface area contributed by atoms with E-state index in [4.69, 9.17) is 15.1 Å². The molecule has 1 heterocycles. The number of methoxy groups -OCH3 is 1. The molecule has 7 heteroatoms. The second-order valence-corrected chi connectivity index (χ2v) is 4.03. The van der Waals surface area contributed by atoms with Gasteiger partial charge in [0.2, 0.25) is 0 Å². The maximum absolute atomic E-state index is 11.1. The van der Waals surface area contributed by atoms with Gasteiger partial charge in [-0.2, -0.15) is 5.26 Å². The van der Waals surface area contributed by atoms with E-state index in [2.05, 4.69) is 10.3 Å². The van der Waals surface area contributed by atoms with E-state index in [1.807, 2.05) is 18.2 Å². The average molecular weight is 272 g/mol. The normalized spacial score (nSPS) is 10.0. The van der Waals surface area contributed by atoms with Gasteiger partial charge in [0.05, 0.1) is 18.9 Å². The Labute approximate surface area is 115 Å². The highest BCUT2D eigenvalue weighted by Crippen LogP contribution is 2.16. The fraction of sp³-hybridized carbons (Fsp3) is 0.231. The minimum atomic E-state index is -1.15. The second kappa shape index (κ2) is 5.84. The van der Waals surface area contributed by atoms with E-state index in [-0.39, 0.29) is 12.2 Å². The van der Waals surface area contributed by atoms with Gasteiger partial charge in [0.1, 0.15) is 12.3 Å². The summed E-state index contributed by atoms with van der Waals surface area (Å²) in [5, 5.41) is 25.1. The summed E-state index contributed by atoms with van der Waals surface area (Å²) < 4.78 is 6.36. The zero-order valence-electron chi connectivity index (χ0n) is 10.8. The summed E-state index contributed by atoms with van der Waals surface area (Å²) in [6, 6.07) is 9.16. The number of benzene rings is 1. The molecule has 0 saturated carbocycles. The lowest BCUT2D eigenvalue weighted by atomic mass is 10.1. The number of carboxylic acid groups (broad SMARTS) is 1. The van der Waals surface area contributed by atoms with Crippen LogP contribution in [0, 0.1) is 11.3 Å². The summed E-state index contributed by atoms with van der Waals surface area (Å²) in [4.78, 5) is 11.1. The number of aromatic carboxylic acids is 1. The number of nitriles is 1. The van der Waals surface area contributed by atoms with Crippen LogP contribution in [-0.2, 0) is 13.0 Å². The van der Waals surface area contributed by atoms with Gasteiger partial charge in [0.25, 0.3) is 0 Å². The van der Waals surface area contributed by atoms with Gasteiger partial charge in [-0.1, -0.05) is 17.3 Å². The Bertz CT molecular complexity index is 655. The first-order valence-corrected chi connectivity index (χ1v) is 5.81. The Kier molecular flexibility index (Phi) is 3.96. The molecule has 2 rings (SSSR count). The summed E-state index contributed by atoms with van der Waals surface area (Å²) in [5.41, 5.74) is 1.16. The molecule has 1 aromatic carbocycles. The van der Waals surface area contributed by atoms with E-state index < -0.39 is 5.97 Å². The predicted molar refractivity (Wildman–Crippen MR) is 68.4 cm³/mol. The van der Waals surface area contributed by atoms with E-state index in [0.717, 1.165) is 11.3 Å². The summed E-state index contributed by atoms with van der Waals surface area (Å²) in [6.45, 7) is -0.0359. The van der Waals surface area contributed by atoms with Crippen LogP contribution in [0.5, 0.6) is 5.75 Å². The molecule has 0 bridgehead atoms. The molecule has 7 nitrogen and oxygen atoms in total. The third-order valence-corrected chi connectivity index (χ3v) is 2.79. The minimum Gasteiger partial charge on any atom is -0.497 e. The highest BCUT2D eigenvalue weighted by atomic mass is 16.5. The molecule has 0 aliphatic carbocycles. The fourth-order valence-electron chi connectivity index (χ4n) is 1.80. The van der Waals surface area contributed by atoms with Crippen molar-refractivity contribution in [3.8, 4) is 11.8 Å². The van der Waals surface area contributed by atoms with Crippen LogP contribution in [0.3, 0.4) is 0 Å². The molecule has 0 atom stereocenters. The quantitative estimate of drug-likeness (QED) is 0.874. The average Bonchev–Trinajstić information content (AvgIpc) is 2.83. The molecule has 0 aliphatic heterocycles. The smallest absolute Gasteiger partial charge is 0.358 e. The number of hydrogen-bond donors (Lipinski definition) is 1. The molecule has 0 radical (unpaired) electrons. The van der Waals surface area contributed by atoms with Gasteiger partial charge in [0.15, 0.2) is 5.69 Å². The van der Waals surface area contributed by atoms with Crippen LogP contribution < -0.4 is 4.74 Å². The van der Waals surface area contributed by atoms with E-state index >= 15 is 0 Å². The Morgan fingerprint density at radius 2 is 2.15 bits per heavy atom. The van der Waals surface area contributed by atoms with Gasteiger partial charge in [-0.05, 0) is 17.7 Å². The molecule has 2 aromatic rings. The van der Waals surface area contributed by atoms with Crippen molar-refractivity contribution in [1.82, 2.24) is 15.0 Å². The van der Waals surface area contributed by atoms with Crippen LogP contribution in [0.1, 0.15) is 21.7 Å². The second-order valence-electron chi connectivity index (χ2n) is 4.03. The Morgan fingerprint density at radius 3 is 2.70 bits per heavy atom. The van der Waals surface area contributed by atoms with Crippen molar-refractivity contribution in [1.29, 1.82) is 5.26 Å². The van der Waals surface area contributed by atoms with Crippen molar-refractivity contribution in [2.75, 3.05) is 7.11 Å². The van der Waals surface area contributed by atoms with Gasteiger partial charge in [-0.25, -0.2) is 9.48 Å². The summed E-state index contributed by atoms with van der Waals surface area (Å²) in [6.07, 6.45) is 0.334. The van der Waals surface area contributed by atoms with Gasteiger partial charge >= 0.3 is 5.97 Å². The SMILES string of the molecule is COc1ccc(Cc2c(C(=O)O)nnn2CC#N)cc1. The number of nitrogens with zero attached hydrogens (tertiary/aromatic N) is 4. The van der Waals surface area contributed by atoms with Gasteiger partial charge in [-0.15, -0.1) is 5.10 Å². The van der Waals surface area contributed by atoms with Crippen molar-refractivity contribution >= 4 is 5.97 Å². The first-order valence-electron chi connectivity index (χ1n) is 5.81. The molecule has 0 unspecified atom stereocenters. The van der Waals surface area contributed by atoms with Crippen LogP contribution in [0.15, 0.2) is 24.3 Å². The molecular formula is C13H12N4O3. The Balaban J connectivity index is 2.32. The summed E-state index contributed by atoms with van der Waals surface area (Å²) >= 11 is 0. The van der Waals surface area contributed by atoms with Crippen molar-refractivity contribution < 1.29 is 14.6 Å². The topological polar surface area (TPSA) is 101 Å². The highest BCUT2D eigenvalue weighted by Gasteiger charge is 2.19. The van der Waals surface area contributed by atoms with Crippen LogP contribution in [-0.4, -0.2) is 33.2 Å². The maximum Gasteiger partial charge on any atom is 0.358 e. The van der Waals surface area contributed by atoms with Crippen LogP contribution in [0.4, 0.5) is 0 Å². The first kappa shape index (κ1) is 13.5. The standard InChI is InChI=1S/C13H12N4O3/c1-20-10-4-2-9(3-5-10)8-11-12(13(18)19)15-16-17(11)7-6-14/h2-5H,7-8H2,1H3,(H,18,19). The molecular weight excluding hydrogens is 260 g/mol. The number of carbonyl (C=O) groups is 1. The molecule has 0 aliphatic rings. The monoisotopic (exact) mass is 272 g/mol. The van der Waals surface area contributed by atoms with E-state index in [1.165, 1.54) is 4.68 Å². The minimum absolute atomic E-state index is 0.0359.